The molecule has 78 valence electrons. The Kier molecular flexibility index (Phi) is 1.91. The lowest BCUT2D eigenvalue weighted by atomic mass is 10.1. The molecule has 1 aromatic carbocycles. The van der Waals surface area contributed by atoms with Crippen LogP contribution in [0.3, 0.4) is 0 Å². The van der Waals surface area contributed by atoms with E-state index in [1.807, 2.05) is 24.3 Å². The van der Waals surface area contributed by atoms with Crippen molar-refractivity contribution >= 4 is 5.91 Å². The number of hydrogen-bond donors (Lipinski definition) is 1. The second-order valence-electron chi connectivity index (χ2n) is 4.20. The summed E-state index contributed by atoms with van der Waals surface area (Å²) in [5, 5.41) is 2.97. The molecule has 1 N–H and O–H groups in total. The molecule has 3 heteroatoms. The Hall–Kier alpha value is -1.51. The van der Waals surface area contributed by atoms with Crippen LogP contribution in [0.5, 0.6) is 5.75 Å². The maximum absolute atomic E-state index is 11.7. The van der Waals surface area contributed by atoms with Gasteiger partial charge in [0.2, 0.25) is 0 Å². The normalized spacial score (nSPS) is 23.1. The van der Waals surface area contributed by atoms with Crippen LogP contribution in [0, 0.1) is 0 Å². The maximum atomic E-state index is 11.7. The molecule has 1 aliphatic carbocycles. The van der Waals surface area contributed by atoms with Gasteiger partial charge in [-0.2, -0.15) is 0 Å². The second-order valence-corrected chi connectivity index (χ2v) is 4.20. The molecular formula is C12H13NO2. The van der Waals surface area contributed by atoms with Crippen molar-refractivity contribution in [2.75, 3.05) is 0 Å². The molecule has 1 aromatic rings. The molecule has 3 nitrogen and oxygen atoms in total. The average molecular weight is 203 g/mol. The number of fused-ring (bicyclic) bond motifs is 1. The number of nitrogens with one attached hydrogen (secondary N) is 1. The Labute approximate surface area is 88.4 Å². The quantitative estimate of drug-likeness (QED) is 0.786. The van der Waals surface area contributed by atoms with Gasteiger partial charge in [0, 0.05) is 12.5 Å². The lowest BCUT2D eigenvalue weighted by Gasteiger charge is -2.10. The lowest BCUT2D eigenvalue weighted by molar-refractivity contribution is -0.127. The van der Waals surface area contributed by atoms with E-state index in [1.54, 1.807) is 0 Å². The molecule has 0 radical (unpaired) electrons. The van der Waals surface area contributed by atoms with Crippen LogP contribution in [0.25, 0.3) is 0 Å². The molecule has 0 spiro atoms. The van der Waals surface area contributed by atoms with Gasteiger partial charge in [0.1, 0.15) is 5.75 Å². The fraction of sp³-hybridized carbons (Fsp3) is 0.417. The summed E-state index contributed by atoms with van der Waals surface area (Å²) in [5.74, 6) is 0.891. The van der Waals surface area contributed by atoms with Crippen molar-refractivity contribution in [3.05, 3.63) is 29.8 Å². The maximum Gasteiger partial charge on any atom is 0.261 e. The number of para-hydroxylation sites is 1. The van der Waals surface area contributed by atoms with E-state index in [0.717, 1.165) is 24.2 Å². The Morgan fingerprint density at radius 3 is 2.87 bits per heavy atom. The van der Waals surface area contributed by atoms with Gasteiger partial charge in [-0.25, -0.2) is 0 Å². The van der Waals surface area contributed by atoms with Crippen LogP contribution in [-0.4, -0.2) is 18.1 Å². The van der Waals surface area contributed by atoms with Gasteiger partial charge in [0.25, 0.3) is 5.91 Å². The van der Waals surface area contributed by atoms with Gasteiger partial charge < -0.3 is 10.1 Å². The summed E-state index contributed by atoms with van der Waals surface area (Å²) >= 11 is 0. The SMILES string of the molecule is O=C(NC1CC1)C1Cc2ccccc2O1. The van der Waals surface area contributed by atoms with Crippen molar-refractivity contribution < 1.29 is 9.53 Å². The van der Waals surface area contributed by atoms with E-state index < -0.39 is 0 Å². The zero-order valence-corrected chi connectivity index (χ0v) is 8.40. The topological polar surface area (TPSA) is 38.3 Å². The van der Waals surface area contributed by atoms with Gasteiger partial charge in [-0.15, -0.1) is 0 Å². The monoisotopic (exact) mass is 203 g/mol. The average Bonchev–Trinajstić information content (AvgIpc) is 2.95. The molecule has 1 unspecified atom stereocenters. The summed E-state index contributed by atoms with van der Waals surface area (Å²) in [6.07, 6.45) is 2.62. The zero-order valence-electron chi connectivity index (χ0n) is 8.40. The number of ether oxygens (including phenoxy) is 1. The molecule has 2 aliphatic rings. The van der Waals surface area contributed by atoms with Crippen LogP contribution in [0.4, 0.5) is 0 Å². The molecule has 1 saturated carbocycles. The lowest BCUT2D eigenvalue weighted by Crippen LogP contribution is -2.38. The van der Waals surface area contributed by atoms with Crippen molar-refractivity contribution in [2.45, 2.75) is 31.4 Å². The van der Waals surface area contributed by atoms with Crippen LogP contribution in [0.1, 0.15) is 18.4 Å². The highest BCUT2D eigenvalue weighted by Gasteiger charge is 2.32. The minimum atomic E-state index is -0.317. The number of benzene rings is 1. The van der Waals surface area contributed by atoms with E-state index in [0.29, 0.717) is 12.5 Å². The molecule has 0 saturated heterocycles. The summed E-state index contributed by atoms with van der Waals surface area (Å²) in [6, 6.07) is 8.24. The summed E-state index contributed by atoms with van der Waals surface area (Å²) in [4.78, 5) is 11.7. The molecule has 1 amide bonds. The predicted molar refractivity (Wildman–Crippen MR) is 55.7 cm³/mol. The van der Waals surface area contributed by atoms with Crippen molar-refractivity contribution in [2.24, 2.45) is 0 Å². The Morgan fingerprint density at radius 2 is 2.13 bits per heavy atom. The third-order valence-corrected chi connectivity index (χ3v) is 2.86. The first-order valence-corrected chi connectivity index (χ1v) is 5.38. The summed E-state index contributed by atoms with van der Waals surface area (Å²) < 4.78 is 5.59. The van der Waals surface area contributed by atoms with Crippen molar-refractivity contribution in [3.63, 3.8) is 0 Å². The minimum absolute atomic E-state index is 0.0358. The first-order valence-electron chi connectivity index (χ1n) is 5.38. The van der Waals surface area contributed by atoms with Crippen LogP contribution in [-0.2, 0) is 11.2 Å². The van der Waals surface area contributed by atoms with Gasteiger partial charge in [0.15, 0.2) is 6.10 Å². The first kappa shape index (κ1) is 8.77. The molecule has 3 rings (SSSR count). The molecule has 0 bridgehead atoms. The Bertz CT molecular complexity index is 373. The van der Waals surface area contributed by atoms with Crippen LogP contribution in [0.15, 0.2) is 24.3 Å². The molecule has 1 heterocycles. The van der Waals surface area contributed by atoms with E-state index in [4.69, 9.17) is 4.74 Å². The standard InChI is InChI=1S/C12H13NO2/c14-12(13-9-5-6-9)11-7-8-3-1-2-4-10(8)15-11/h1-4,9,11H,5-7H2,(H,13,14). The van der Waals surface area contributed by atoms with E-state index in [2.05, 4.69) is 5.32 Å². The number of hydrogen-bond acceptors (Lipinski definition) is 2. The fourth-order valence-corrected chi connectivity index (χ4v) is 1.85. The molecule has 15 heavy (non-hydrogen) atoms. The van der Waals surface area contributed by atoms with Crippen molar-refractivity contribution in [1.82, 2.24) is 5.32 Å². The molecular weight excluding hydrogens is 190 g/mol. The molecule has 1 atom stereocenters. The smallest absolute Gasteiger partial charge is 0.261 e. The van der Waals surface area contributed by atoms with Gasteiger partial charge >= 0.3 is 0 Å². The molecule has 0 aromatic heterocycles. The van der Waals surface area contributed by atoms with Gasteiger partial charge in [-0.1, -0.05) is 18.2 Å². The predicted octanol–water partition coefficient (Wildman–Crippen LogP) is 1.27. The van der Waals surface area contributed by atoms with Gasteiger partial charge in [-0.3, -0.25) is 4.79 Å². The van der Waals surface area contributed by atoms with Crippen molar-refractivity contribution in [1.29, 1.82) is 0 Å². The van der Waals surface area contributed by atoms with Crippen molar-refractivity contribution in [3.8, 4) is 5.75 Å². The number of carbonyl (C=O) groups excluding carboxylic acids is 1. The van der Waals surface area contributed by atoms with Crippen LogP contribution >= 0.6 is 0 Å². The highest BCUT2D eigenvalue weighted by atomic mass is 16.5. The Balaban J connectivity index is 1.69. The molecule has 1 fully saturated rings. The summed E-state index contributed by atoms with van der Waals surface area (Å²) in [5.41, 5.74) is 1.13. The fourth-order valence-electron chi connectivity index (χ4n) is 1.85. The molecule has 1 aliphatic heterocycles. The third kappa shape index (κ3) is 1.69. The van der Waals surface area contributed by atoms with E-state index in [1.165, 1.54) is 0 Å². The second kappa shape index (κ2) is 3.26. The van der Waals surface area contributed by atoms with Gasteiger partial charge in [0.05, 0.1) is 0 Å². The van der Waals surface area contributed by atoms with E-state index >= 15 is 0 Å². The van der Waals surface area contributed by atoms with E-state index in [9.17, 15) is 4.79 Å². The number of carbonyl (C=O) groups is 1. The largest absolute Gasteiger partial charge is 0.480 e. The number of amides is 1. The first-order chi connectivity index (χ1) is 7.33. The third-order valence-electron chi connectivity index (χ3n) is 2.86. The van der Waals surface area contributed by atoms with Crippen LogP contribution < -0.4 is 10.1 Å². The number of rotatable bonds is 2. The summed E-state index contributed by atoms with van der Waals surface area (Å²) in [7, 11) is 0. The van der Waals surface area contributed by atoms with Crippen LogP contribution in [0.2, 0.25) is 0 Å². The Morgan fingerprint density at radius 1 is 1.33 bits per heavy atom. The zero-order chi connectivity index (χ0) is 10.3. The van der Waals surface area contributed by atoms with Gasteiger partial charge in [-0.05, 0) is 24.5 Å². The summed E-state index contributed by atoms with van der Waals surface area (Å²) in [6.45, 7) is 0. The minimum Gasteiger partial charge on any atom is -0.480 e. The highest BCUT2D eigenvalue weighted by Crippen LogP contribution is 2.28. The highest BCUT2D eigenvalue weighted by molar-refractivity contribution is 5.83. The van der Waals surface area contributed by atoms with E-state index in [-0.39, 0.29) is 12.0 Å².